The Kier molecular flexibility index (Phi) is 9.71. The van der Waals surface area contributed by atoms with Crippen LogP contribution < -0.4 is 25.7 Å². The number of carbonyl (C=O) groups excluding carboxylic acids is 3. The van der Waals surface area contributed by atoms with E-state index >= 15 is 0 Å². The molecule has 3 amide bonds. The van der Waals surface area contributed by atoms with E-state index in [0.29, 0.717) is 29.5 Å². The van der Waals surface area contributed by atoms with E-state index in [-0.39, 0.29) is 24.8 Å². The van der Waals surface area contributed by atoms with Crippen molar-refractivity contribution in [2.75, 3.05) is 11.9 Å². The third kappa shape index (κ3) is 7.45. The Morgan fingerprint density at radius 1 is 1.06 bits per heavy atom. The fourth-order valence-corrected chi connectivity index (χ4v) is 7.81. The number of para-hydroxylation sites is 1. The maximum atomic E-state index is 14.5. The predicted molar refractivity (Wildman–Crippen MR) is 189 cm³/mol. The van der Waals surface area contributed by atoms with Crippen LogP contribution in [0.25, 0.3) is 10.2 Å². The Bertz CT molecular complexity index is 1900. The molecule has 0 spiro atoms. The van der Waals surface area contributed by atoms with Crippen LogP contribution in [-0.4, -0.2) is 57.9 Å². The predicted octanol–water partition coefficient (Wildman–Crippen LogP) is 6.08. The van der Waals surface area contributed by atoms with Crippen LogP contribution in [0.3, 0.4) is 0 Å². The van der Waals surface area contributed by atoms with Gasteiger partial charge in [-0.05, 0) is 80.6 Å². The number of carbonyl (C=O) groups is 3. The van der Waals surface area contributed by atoms with Crippen molar-refractivity contribution in [3.8, 4) is 10.9 Å². The van der Waals surface area contributed by atoms with Crippen LogP contribution in [0.15, 0.2) is 84.9 Å². The van der Waals surface area contributed by atoms with E-state index in [9.17, 15) is 18.8 Å². The first-order valence-corrected chi connectivity index (χ1v) is 18.0. The Labute approximate surface area is 294 Å². The first-order valence-electron chi connectivity index (χ1n) is 17.1. The molecule has 12 heteroatoms. The molecule has 7 rings (SSSR count). The third-order valence-corrected chi connectivity index (χ3v) is 10.5. The van der Waals surface area contributed by atoms with Crippen molar-refractivity contribution in [2.45, 2.75) is 75.6 Å². The molecule has 3 N–H and O–H groups in total. The van der Waals surface area contributed by atoms with Gasteiger partial charge >= 0.3 is 0 Å². The second-order valence-electron chi connectivity index (χ2n) is 13.3. The van der Waals surface area contributed by atoms with Gasteiger partial charge in [0, 0.05) is 18.0 Å². The van der Waals surface area contributed by atoms with Crippen LogP contribution in [0.1, 0.15) is 50.5 Å². The molecule has 5 atom stereocenters. The number of anilines is 1. The van der Waals surface area contributed by atoms with Gasteiger partial charge < -0.3 is 25.1 Å². The zero-order chi connectivity index (χ0) is 34.7. The highest BCUT2D eigenvalue weighted by atomic mass is 32.1. The number of allylic oxidation sites excluding steroid dienone is 1. The van der Waals surface area contributed by atoms with Crippen molar-refractivity contribution in [2.24, 2.45) is 5.92 Å². The summed E-state index contributed by atoms with van der Waals surface area (Å²) < 4.78 is 21.5. The number of halogens is 1. The van der Waals surface area contributed by atoms with Gasteiger partial charge in [0.2, 0.25) is 11.8 Å². The van der Waals surface area contributed by atoms with Crippen molar-refractivity contribution in [1.29, 1.82) is 0 Å². The molecule has 4 aromatic rings. The van der Waals surface area contributed by atoms with Gasteiger partial charge in [-0.15, -0.1) is 0 Å². The molecule has 0 radical (unpaired) electrons. The molecular formula is C38H40FN5O5S. The summed E-state index contributed by atoms with van der Waals surface area (Å²) in [4.78, 5) is 54.2. The number of hydrogen-bond donors (Lipinski definition) is 3. The molecule has 3 aliphatic rings. The normalized spacial score (nSPS) is 26.1. The maximum Gasteiger partial charge on any atom is 0.278 e. The number of aromatic nitrogens is 1. The molecule has 1 aliphatic carbocycles. The van der Waals surface area contributed by atoms with E-state index in [0.717, 1.165) is 41.5 Å². The van der Waals surface area contributed by atoms with Crippen molar-refractivity contribution < 1.29 is 28.3 Å². The highest BCUT2D eigenvalue weighted by Crippen LogP contribution is 2.45. The van der Waals surface area contributed by atoms with Crippen molar-refractivity contribution >= 4 is 45.0 Å². The number of benzene rings is 3. The van der Waals surface area contributed by atoms with Gasteiger partial charge in [-0.2, -0.15) is 5.48 Å². The van der Waals surface area contributed by atoms with Gasteiger partial charge in [0.05, 0.1) is 16.8 Å². The number of hydroxylamine groups is 1. The molecule has 3 aromatic carbocycles. The number of hydrogen-bond acceptors (Lipinski definition) is 8. The van der Waals surface area contributed by atoms with E-state index in [1.54, 1.807) is 41.3 Å². The van der Waals surface area contributed by atoms with Crippen molar-refractivity contribution in [3.63, 3.8) is 0 Å². The Balaban J connectivity index is 1.16. The number of amides is 3. The van der Waals surface area contributed by atoms with Crippen LogP contribution >= 0.6 is 11.3 Å². The van der Waals surface area contributed by atoms with E-state index in [1.807, 2.05) is 37.3 Å². The zero-order valence-electron chi connectivity index (χ0n) is 27.8. The Morgan fingerprint density at radius 2 is 1.92 bits per heavy atom. The molecule has 0 bridgehead atoms. The first kappa shape index (κ1) is 33.5. The van der Waals surface area contributed by atoms with Crippen LogP contribution in [0.4, 0.5) is 10.1 Å². The standard InChI is InChI=1S/C38H40FN5O5S/c1-24-17-18-30-33(19-24)50-37(41-30)48-29-21-32-34(45)42-38(36(47)43-49-28-14-7-5-8-15-28)22-25(38)11-6-3-2-4-9-16-31(35(46)44(32)23-29)40-27-13-10-12-26(39)20-27/h5-8,10-15,17-20,25,29,31-32,40H,2-4,9,16,21-23H2,1H3,(H,42,45)(H,43,47)/b11-6-/t25-,29-,31+,32+,38-/m1/s1. The van der Waals surface area contributed by atoms with E-state index in [4.69, 9.17) is 9.57 Å². The SMILES string of the molecule is Cc1ccc2nc(O[C@@H]3C[C@H]4C(=O)N[C@]5(C(=O)NOc6ccccc6)C[C@H]5/C=C\CCCCC[C@H](Nc5cccc(F)c5)C(=O)N4C3)sc2c1. The average Bonchev–Trinajstić information content (AvgIpc) is 3.40. The van der Waals surface area contributed by atoms with Gasteiger partial charge in [0.1, 0.15) is 29.5 Å². The first-order chi connectivity index (χ1) is 24.3. The minimum atomic E-state index is -1.24. The summed E-state index contributed by atoms with van der Waals surface area (Å²) in [7, 11) is 0. The third-order valence-electron chi connectivity index (χ3n) is 9.61. The molecule has 260 valence electrons. The molecule has 1 aromatic heterocycles. The van der Waals surface area contributed by atoms with Crippen molar-refractivity contribution in [3.05, 3.63) is 96.3 Å². The highest BCUT2D eigenvalue weighted by Gasteiger charge is 2.61. The fraction of sp³-hybridized carbons (Fsp3) is 0.368. The number of ether oxygens (including phenoxy) is 1. The van der Waals surface area contributed by atoms with Gasteiger partial charge in [-0.25, -0.2) is 9.37 Å². The van der Waals surface area contributed by atoms with Crippen LogP contribution in [-0.2, 0) is 14.4 Å². The molecule has 1 saturated heterocycles. The minimum Gasteiger partial charge on any atom is -0.465 e. The van der Waals surface area contributed by atoms with E-state index in [1.165, 1.54) is 23.5 Å². The summed E-state index contributed by atoms with van der Waals surface area (Å²) in [6, 6.07) is 19.3. The zero-order valence-corrected chi connectivity index (χ0v) is 28.6. The van der Waals surface area contributed by atoms with Crippen molar-refractivity contribution in [1.82, 2.24) is 20.7 Å². The molecule has 0 unspecified atom stereocenters. The molecule has 1 saturated carbocycles. The van der Waals surface area contributed by atoms with E-state index in [2.05, 4.69) is 27.2 Å². The Hall–Kier alpha value is -4.97. The summed E-state index contributed by atoms with van der Waals surface area (Å²) in [5.74, 6) is -1.39. The van der Waals surface area contributed by atoms with Crippen LogP contribution in [0.2, 0.25) is 0 Å². The summed E-state index contributed by atoms with van der Waals surface area (Å²) in [5, 5.41) is 6.74. The minimum absolute atomic E-state index is 0.146. The maximum absolute atomic E-state index is 14.5. The average molecular weight is 698 g/mol. The largest absolute Gasteiger partial charge is 0.465 e. The molecule has 2 fully saturated rings. The monoisotopic (exact) mass is 697 g/mol. The molecular weight excluding hydrogens is 658 g/mol. The summed E-state index contributed by atoms with van der Waals surface area (Å²) >= 11 is 1.42. The summed E-state index contributed by atoms with van der Waals surface area (Å²) in [6.45, 7) is 2.16. The smallest absolute Gasteiger partial charge is 0.278 e. The van der Waals surface area contributed by atoms with Gasteiger partial charge in [0.15, 0.2) is 5.75 Å². The highest BCUT2D eigenvalue weighted by molar-refractivity contribution is 7.20. The fourth-order valence-electron chi connectivity index (χ4n) is 6.83. The molecule has 50 heavy (non-hydrogen) atoms. The number of thiazole rings is 1. The number of aryl methyl sites for hydroxylation is 1. The van der Waals surface area contributed by atoms with E-state index < -0.39 is 41.4 Å². The number of nitrogens with zero attached hydrogens (tertiary/aromatic N) is 2. The van der Waals surface area contributed by atoms with Gasteiger partial charge in [-0.1, -0.05) is 66.7 Å². The number of fused-ring (bicyclic) bond motifs is 3. The molecule has 3 heterocycles. The second-order valence-corrected chi connectivity index (χ2v) is 14.3. The second kappa shape index (κ2) is 14.5. The Morgan fingerprint density at radius 3 is 2.76 bits per heavy atom. The topological polar surface area (TPSA) is 122 Å². The molecule has 2 aliphatic heterocycles. The summed E-state index contributed by atoms with van der Waals surface area (Å²) in [6.07, 6.45) is 7.97. The lowest BCUT2D eigenvalue weighted by molar-refractivity contribution is -0.141. The van der Waals surface area contributed by atoms with Gasteiger partial charge in [-0.3, -0.25) is 14.4 Å². The van der Waals surface area contributed by atoms with Crippen LogP contribution in [0, 0.1) is 18.7 Å². The van der Waals surface area contributed by atoms with Crippen LogP contribution in [0.5, 0.6) is 10.9 Å². The lowest BCUT2D eigenvalue weighted by Crippen LogP contribution is -2.57. The summed E-state index contributed by atoms with van der Waals surface area (Å²) in [5.41, 5.74) is 3.71. The number of rotatable bonds is 7. The quantitative estimate of drug-likeness (QED) is 0.158. The molecule has 10 nitrogen and oxygen atoms in total. The van der Waals surface area contributed by atoms with Gasteiger partial charge in [0.25, 0.3) is 11.1 Å². The number of nitrogens with one attached hydrogen (secondary N) is 3. The lowest BCUT2D eigenvalue weighted by atomic mass is 10.0. The lowest BCUT2D eigenvalue weighted by Gasteiger charge is -2.30.